The molecule has 0 bridgehead atoms. The van der Waals surface area contributed by atoms with Gasteiger partial charge in [-0.25, -0.2) is 0 Å². The van der Waals surface area contributed by atoms with Crippen LogP contribution < -0.4 is 10.6 Å². The second-order valence-electron chi connectivity index (χ2n) is 4.82. The average Bonchev–Trinajstić information content (AvgIpc) is 2.27. The average molecular weight is 220 g/mol. The van der Waals surface area contributed by atoms with E-state index in [-0.39, 0.29) is 0 Å². The molecule has 0 spiro atoms. The molecule has 1 rings (SSSR count). The molecule has 0 heterocycles. The lowest BCUT2D eigenvalue weighted by Gasteiger charge is -2.15. The second kappa shape index (κ2) is 7.42. The monoisotopic (exact) mass is 220 g/mol. The number of benzene rings is 1. The summed E-state index contributed by atoms with van der Waals surface area (Å²) in [5.74, 6) is 0.723. The molecule has 0 fully saturated rings. The molecule has 0 radical (unpaired) electrons. The van der Waals surface area contributed by atoms with E-state index in [0.29, 0.717) is 6.04 Å². The molecule has 2 nitrogen and oxygen atoms in total. The molecule has 0 saturated heterocycles. The maximum atomic E-state index is 3.51. The minimum atomic E-state index is 0.513. The van der Waals surface area contributed by atoms with Gasteiger partial charge in [0.1, 0.15) is 0 Å². The van der Waals surface area contributed by atoms with Crippen molar-refractivity contribution in [3.63, 3.8) is 0 Å². The first kappa shape index (κ1) is 13.2. The summed E-state index contributed by atoms with van der Waals surface area (Å²) < 4.78 is 0. The first-order chi connectivity index (χ1) is 7.68. The smallest absolute Gasteiger partial charge is 0.0208 e. The summed E-state index contributed by atoms with van der Waals surface area (Å²) in [7, 11) is 0. The maximum absolute atomic E-state index is 3.51. The normalized spacial score (nSPS) is 13.0. The first-order valence-corrected chi connectivity index (χ1v) is 6.16. The van der Waals surface area contributed by atoms with Gasteiger partial charge >= 0.3 is 0 Å². The van der Waals surface area contributed by atoms with Crippen molar-refractivity contribution in [3.8, 4) is 0 Å². The molecule has 16 heavy (non-hydrogen) atoms. The molecule has 1 aromatic carbocycles. The number of hydrogen-bond acceptors (Lipinski definition) is 2. The Morgan fingerprint density at radius 3 is 2.31 bits per heavy atom. The lowest BCUT2D eigenvalue weighted by atomic mass is 10.2. The van der Waals surface area contributed by atoms with E-state index in [1.165, 1.54) is 5.56 Å². The van der Waals surface area contributed by atoms with Crippen LogP contribution in [0.15, 0.2) is 30.3 Å². The highest BCUT2D eigenvalue weighted by atomic mass is 15.0. The molecule has 2 heteroatoms. The number of nitrogens with one attached hydrogen (secondary N) is 2. The Kier molecular flexibility index (Phi) is 6.12. The second-order valence-corrected chi connectivity index (χ2v) is 4.82. The fourth-order valence-corrected chi connectivity index (χ4v) is 1.55. The fraction of sp³-hybridized carbons (Fsp3) is 0.571. The van der Waals surface area contributed by atoms with Gasteiger partial charge in [0.25, 0.3) is 0 Å². The molecule has 0 aromatic heterocycles. The van der Waals surface area contributed by atoms with E-state index < -0.39 is 0 Å². The Hall–Kier alpha value is -0.860. The van der Waals surface area contributed by atoms with E-state index in [4.69, 9.17) is 0 Å². The van der Waals surface area contributed by atoms with E-state index in [1.54, 1.807) is 0 Å². The van der Waals surface area contributed by atoms with E-state index in [1.807, 2.05) is 0 Å². The molecule has 0 aliphatic carbocycles. The minimum Gasteiger partial charge on any atom is -0.315 e. The Morgan fingerprint density at radius 2 is 1.69 bits per heavy atom. The van der Waals surface area contributed by atoms with E-state index in [2.05, 4.69) is 61.7 Å². The third-order valence-electron chi connectivity index (χ3n) is 2.50. The zero-order valence-corrected chi connectivity index (χ0v) is 10.7. The SMILES string of the molecule is CC(C)CNCC(C)NCc1ccccc1. The van der Waals surface area contributed by atoms with E-state index in [9.17, 15) is 0 Å². The zero-order valence-electron chi connectivity index (χ0n) is 10.7. The topological polar surface area (TPSA) is 24.1 Å². The molecule has 1 aromatic rings. The Balaban J connectivity index is 2.13. The summed E-state index contributed by atoms with van der Waals surface area (Å²) in [6.45, 7) is 9.76. The van der Waals surface area contributed by atoms with Crippen molar-refractivity contribution in [1.82, 2.24) is 10.6 Å². The van der Waals surface area contributed by atoms with Crippen LogP contribution in [0.5, 0.6) is 0 Å². The highest BCUT2D eigenvalue weighted by Gasteiger charge is 2.01. The predicted octanol–water partition coefficient (Wildman–Crippen LogP) is 2.41. The van der Waals surface area contributed by atoms with Gasteiger partial charge in [0.05, 0.1) is 0 Å². The Bertz CT molecular complexity index is 269. The van der Waals surface area contributed by atoms with E-state index in [0.717, 1.165) is 25.6 Å². The lowest BCUT2D eigenvalue weighted by Crippen LogP contribution is -2.37. The standard InChI is InChI=1S/C14H24N2/c1-12(2)9-15-10-13(3)16-11-14-7-5-4-6-8-14/h4-8,12-13,15-16H,9-11H2,1-3H3. The highest BCUT2D eigenvalue weighted by molar-refractivity contribution is 5.14. The Labute approximate surface area is 99.5 Å². The molecule has 90 valence electrons. The van der Waals surface area contributed by atoms with Crippen LogP contribution in [0.4, 0.5) is 0 Å². The molecule has 2 N–H and O–H groups in total. The van der Waals surface area contributed by atoms with Gasteiger partial charge in [-0.1, -0.05) is 44.2 Å². The van der Waals surface area contributed by atoms with Crippen LogP contribution in [-0.4, -0.2) is 19.1 Å². The summed E-state index contributed by atoms with van der Waals surface area (Å²) in [4.78, 5) is 0. The Morgan fingerprint density at radius 1 is 1.00 bits per heavy atom. The molecule has 0 saturated carbocycles. The number of hydrogen-bond donors (Lipinski definition) is 2. The summed E-state index contributed by atoms with van der Waals surface area (Å²) in [5, 5.41) is 6.97. The van der Waals surface area contributed by atoms with Crippen molar-refractivity contribution in [2.45, 2.75) is 33.4 Å². The van der Waals surface area contributed by atoms with E-state index >= 15 is 0 Å². The van der Waals surface area contributed by atoms with Gasteiger partial charge in [-0.2, -0.15) is 0 Å². The quantitative estimate of drug-likeness (QED) is 0.737. The van der Waals surface area contributed by atoms with Crippen LogP contribution in [0.2, 0.25) is 0 Å². The van der Waals surface area contributed by atoms with Crippen LogP contribution in [0.3, 0.4) is 0 Å². The van der Waals surface area contributed by atoms with Crippen molar-refractivity contribution in [3.05, 3.63) is 35.9 Å². The van der Waals surface area contributed by atoms with Crippen LogP contribution in [0.25, 0.3) is 0 Å². The van der Waals surface area contributed by atoms with Gasteiger partial charge < -0.3 is 10.6 Å². The van der Waals surface area contributed by atoms with Crippen molar-refractivity contribution in [1.29, 1.82) is 0 Å². The van der Waals surface area contributed by atoms with Crippen molar-refractivity contribution in [2.24, 2.45) is 5.92 Å². The van der Waals surface area contributed by atoms with Gasteiger partial charge in [0, 0.05) is 19.1 Å². The maximum Gasteiger partial charge on any atom is 0.0208 e. The molecule has 0 aliphatic rings. The molecule has 0 aliphatic heterocycles. The summed E-state index contributed by atoms with van der Waals surface area (Å²) in [6.07, 6.45) is 0. The summed E-state index contributed by atoms with van der Waals surface area (Å²) >= 11 is 0. The van der Waals surface area contributed by atoms with Crippen LogP contribution in [0.1, 0.15) is 26.3 Å². The molecular formula is C14H24N2. The third-order valence-corrected chi connectivity index (χ3v) is 2.50. The predicted molar refractivity (Wildman–Crippen MR) is 70.5 cm³/mol. The van der Waals surface area contributed by atoms with Gasteiger partial charge in [-0.05, 0) is 24.9 Å². The van der Waals surface area contributed by atoms with Crippen LogP contribution >= 0.6 is 0 Å². The minimum absolute atomic E-state index is 0.513. The highest BCUT2D eigenvalue weighted by Crippen LogP contribution is 1.98. The van der Waals surface area contributed by atoms with Crippen molar-refractivity contribution in [2.75, 3.05) is 13.1 Å². The molecule has 1 unspecified atom stereocenters. The first-order valence-electron chi connectivity index (χ1n) is 6.16. The fourth-order valence-electron chi connectivity index (χ4n) is 1.55. The lowest BCUT2D eigenvalue weighted by molar-refractivity contribution is 0.472. The molecule has 1 atom stereocenters. The van der Waals surface area contributed by atoms with Gasteiger partial charge in [0.2, 0.25) is 0 Å². The van der Waals surface area contributed by atoms with Gasteiger partial charge in [-0.15, -0.1) is 0 Å². The van der Waals surface area contributed by atoms with Crippen molar-refractivity contribution < 1.29 is 0 Å². The van der Waals surface area contributed by atoms with Crippen LogP contribution in [0, 0.1) is 5.92 Å². The van der Waals surface area contributed by atoms with Crippen molar-refractivity contribution >= 4 is 0 Å². The molecular weight excluding hydrogens is 196 g/mol. The summed E-state index contributed by atoms with van der Waals surface area (Å²) in [6, 6.07) is 11.0. The number of rotatable bonds is 7. The van der Waals surface area contributed by atoms with Crippen LogP contribution in [-0.2, 0) is 6.54 Å². The largest absolute Gasteiger partial charge is 0.315 e. The van der Waals surface area contributed by atoms with Gasteiger partial charge in [0.15, 0.2) is 0 Å². The zero-order chi connectivity index (χ0) is 11.8. The third kappa shape index (κ3) is 5.89. The van der Waals surface area contributed by atoms with Gasteiger partial charge in [-0.3, -0.25) is 0 Å². The molecule has 0 amide bonds. The summed E-state index contributed by atoms with van der Waals surface area (Å²) in [5.41, 5.74) is 1.35.